The summed E-state index contributed by atoms with van der Waals surface area (Å²) in [4.78, 5) is 35.9. The first-order valence-corrected chi connectivity index (χ1v) is 10.5. The lowest BCUT2D eigenvalue weighted by Gasteiger charge is -2.21. The Balaban J connectivity index is 1.36. The number of aromatic nitrogens is 2. The van der Waals surface area contributed by atoms with Crippen molar-refractivity contribution in [2.45, 2.75) is 6.04 Å². The van der Waals surface area contributed by atoms with E-state index in [0.29, 0.717) is 11.4 Å². The van der Waals surface area contributed by atoms with Crippen LogP contribution in [0.5, 0.6) is 17.2 Å². The van der Waals surface area contributed by atoms with E-state index >= 15 is 0 Å². The smallest absolute Gasteiger partial charge is 0.270 e. The zero-order valence-corrected chi connectivity index (χ0v) is 18.1. The molecule has 1 N–H and O–H groups in total. The number of carbonyl (C=O) groups is 2. The molecule has 8 nitrogen and oxygen atoms in total. The van der Waals surface area contributed by atoms with Crippen LogP contribution in [0.4, 0.5) is 10.1 Å². The molecule has 2 aromatic carbocycles. The van der Waals surface area contributed by atoms with Crippen molar-refractivity contribution < 1.29 is 23.5 Å². The predicted octanol–water partition coefficient (Wildman–Crippen LogP) is 3.72. The van der Waals surface area contributed by atoms with Gasteiger partial charge in [0.15, 0.2) is 11.6 Å². The quantitative estimate of drug-likeness (QED) is 0.501. The number of hydrogen-bond donors (Lipinski definition) is 1. The first-order chi connectivity index (χ1) is 16.5. The third-order valence-electron chi connectivity index (χ3n) is 5.42. The standard InChI is InChI=1S/C25H19FN4O4/c1-30-23-16-5-4-11-27-18(16)8-9-22(23)33-14-20(25(30)32)29-24(31)19-13-15(10-12-28-19)34-21-7-3-2-6-17(21)26/h2-13,20H,14H2,1H3,(H,29,31). The van der Waals surface area contributed by atoms with Gasteiger partial charge in [0, 0.05) is 30.9 Å². The molecule has 0 saturated heterocycles. The van der Waals surface area contributed by atoms with Crippen molar-refractivity contribution in [1.82, 2.24) is 15.3 Å². The second kappa shape index (κ2) is 8.78. The van der Waals surface area contributed by atoms with Crippen molar-refractivity contribution in [2.75, 3.05) is 18.6 Å². The minimum Gasteiger partial charge on any atom is -0.489 e. The molecule has 0 spiro atoms. The minimum atomic E-state index is -0.949. The molecule has 2 amide bonds. The second-order valence-corrected chi connectivity index (χ2v) is 7.63. The Labute approximate surface area is 194 Å². The molecule has 1 unspecified atom stereocenters. The van der Waals surface area contributed by atoms with Gasteiger partial charge in [0.05, 0.1) is 11.2 Å². The fraction of sp³-hybridized carbons (Fsp3) is 0.120. The summed E-state index contributed by atoms with van der Waals surface area (Å²) in [6, 6.07) is 15.1. The average molecular weight is 458 g/mol. The number of carbonyl (C=O) groups excluding carboxylic acids is 2. The fourth-order valence-electron chi connectivity index (χ4n) is 3.76. The number of benzene rings is 2. The number of nitrogens with one attached hydrogen (secondary N) is 1. The molecular formula is C25H19FN4O4. The van der Waals surface area contributed by atoms with E-state index in [2.05, 4.69) is 15.3 Å². The van der Waals surface area contributed by atoms with Crippen molar-refractivity contribution in [3.63, 3.8) is 0 Å². The number of halogens is 1. The molecule has 0 fully saturated rings. The summed E-state index contributed by atoms with van der Waals surface area (Å²) in [7, 11) is 1.63. The van der Waals surface area contributed by atoms with Crippen LogP contribution < -0.4 is 19.7 Å². The van der Waals surface area contributed by atoms with Crippen molar-refractivity contribution in [3.05, 3.63) is 84.6 Å². The van der Waals surface area contributed by atoms with E-state index in [0.717, 1.165) is 10.9 Å². The van der Waals surface area contributed by atoms with Gasteiger partial charge in [0.2, 0.25) is 0 Å². The maximum atomic E-state index is 13.9. The highest BCUT2D eigenvalue weighted by atomic mass is 19.1. The third kappa shape index (κ3) is 3.99. The van der Waals surface area contributed by atoms with E-state index in [1.165, 1.54) is 35.4 Å². The van der Waals surface area contributed by atoms with Crippen molar-refractivity contribution in [1.29, 1.82) is 0 Å². The maximum Gasteiger partial charge on any atom is 0.270 e. The summed E-state index contributed by atoms with van der Waals surface area (Å²) in [5.41, 5.74) is 1.33. The Morgan fingerprint density at radius 1 is 1.12 bits per heavy atom. The number of anilines is 1. The lowest BCUT2D eigenvalue weighted by atomic mass is 10.1. The number of amides is 2. The number of nitrogens with zero attached hydrogens (tertiary/aromatic N) is 3. The maximum absolute atomic E-state index is 13.9. The van der Waals surface area contributed by atoms with Crippen molar-refractivity contribution >= 4 is 28.4 Å². The van der Waals surface area contributed by atoms with Crippen LogP contribution in [0.1, 0.15) is 10.5 Å². The topological polar surface area (TPSA) is 93.7 Å². The molecule has 1 aliphatic rings. The molecule has 5 rings (SSSR count). The van der Waals surface area contributed by atoms with Crippen LogP contribution in [0.2, 0.25) is 0 Å². The van der Waals surface area contributed by atoms with Gasteiger partial charge in [-0.3, -0.25) is 19.6 Å². The van der Waals surface area contributed by atoms with E-state index in [4.69, 9.17) is 9.47 Å². The zero-order valence-electron chi connectivity index (χ0n) is 18.1. The van der Waals surface area contributed by atoms with Gasteiger partial charge in [-0.25, -0.2) is 4.39 Å². The van der Waals surface area contributed by atoms with Crippen LogP contribution in [-0.2, 0) is 4.79 Å². The third-order valence-corrected chi connectivity index (χ3v) is 5.42. The first kappa shape index (κ1) is 21.3. The van der Waals surface area contributed by atoms with Gasteiger partial charge in [0.1, 0.15) is 29.8 Å². The van der Waals surface area contributed by atoms with E-state index in [1.807, 2.05) is 12.1 Å². The number of hydrogen-bond acceptors (Lipinski definition) is 6. The van der Waals surface area contributed by atoms with E-state index < -0.39 is 17.8 Å². The van der Waals surface area contributed by atoms with Crippen LogP contribution in [0.3, 0.4) is 0 Å². The number of fused-ring (bicyclic) bond motifs is 3. The van der Waals surface area contributed by atoms with Crippen LogP contribution >= 0.6 is 0 Å². The molecule has 9 heteroatoms. The van der Waals surface area contributed by atoms with Gasteiger partial charge in [-0.05, 0) is 42.5 Å². The minimum absolute atomic E-state index is 0.0145. The molecule has 1 aliphatic heterocycles. The highest BCUT2D eigenvalue weighted by molar-refractivity contribution is 6.08. The Morgan fingerprint density at radius 3 is 2.82 bits per heavy atom. The van der Waals surface area contributed by atoms with Crippen LogP contribution in [0.15, 0.2) is 73.1 Å². The molecule has 0 aliphatic carbocycles. The lowest BCUT2D eigenvalue weighted by Crippen LogP contribution is -2.49. The van der Waals surface area contributed by atoms with E-state index in [1.54, 1.807) is 37.5 Å². The molecule has 3 heterocycles. The molecule has 1 atom stereocenters. The average Bonchev–Trinajstić information content (AvgIpc) is 2.97. The Kier molecular flexibility index (Phi) is 5.51. The summed E-state index contributed by atoms with van der Waals surface area (Å²) in [5.74, 6) is -0.692. The Hall–Kier alpha value is -4.53. The number of ether oxygens (including phenoxy) is 2. The monoisotopic (exact) mass is 458 g/mol. The largest absolute Gasteiger partial charge is 0.489 e. The Morgan fingerprint density at radius 2 is 1.97 bits per heavy atom. The summed E-state index contributed by atoms with van der Waals surface area (Å²) < 4.78 is 25.3. The molecule has 2 aromatic heterocycles. The van der Waals surface area contributed by atoms with Crippen LogP contribution in [0, 0.1) is 5.82 Å². The van der Waals surface area contributed by atoms with Gasteiger partial charge in [-0.2, -0.15) is 0 Å². The molecule has 0 radical (unpaired) electrons. The molecule has 0 bridgehead atoms. The van der Waals surface area contributed by atoms with Gasteiger partial charge in [-0.15, -0.1) is 0 Å². The molecule has 4 aromatic rings. The van der Waals surface area contributed by atoms with Gasteiger partial charge < -0.3 is 19.7 Å². The molecule has 0 saturated carbocycles. The fourth-order valence-corrected chi connectivity index (χ4v) is 3.76. The summed E-state index contributed by atoms with van der Waals surface area (Å²) in [6.45, 7) is -0.0564. The summed E-state index contributed by atoms with van der Waals surface area (Å²) in [6.07, 6.45) is 3.05. The number of para-hydroxylation sites is 1. The van der Waals surface area contributed by atoms with Crippen LogP contribution in [-0.4, -0.2) is 41.5 Å². The summed E-state index contributed by atoms with van der Waals surface area (Å²) >= 11 is 0. The Bertz CT molecular complexity index is 1410. The highest BCUT2D eigenvalue weighted by Crippen LogP contribution is 2.37. The van der Waals surface area contributed by atoms with E-state index in [9.17, 15) is 14.0 Å². The van der Waals surface area contributed by atoms with Gasteiger partial charge in [-0.1, -0.05) is 12.1 Å². The van der Waals surface area contributed by atoms with Crippen molar-refractivity contribution in [2.24, 2.45) is 0 Å². The predicted molar refractivity (Wildman–Crippen MR) is 123 cm³/mol. The van der Waals surface area contributed by atoms with Gasteiger partial charge >= 0.3 is 0 Å². The zero-order chi connectivity index (χ0) is 23.7. The lowest BCUT2D eigenvalue weighted by molar-refractivity contribution is -0.120. The highest BCUT2D eigenvalue weighted by Gasteiger charge is 2.32. The van der Waals surface area contributed by atoms with Gasteiger partial charge in [0.25, 0.3) is 11.8 Å². The normalized spacial score (nSPS) is 15.3. The molecule has 34 heavy (non-hydrogen) atoms. The number of likely N-dealkylation sites (N-methyl/N-ethyl adjacent to an activating group) is 1. The van der Waals surface area contributed by atoms with E-state index in [-0.39, 0.29) is 29.7 Å². The van der Waals surface area contributed by atoms with Crippen molar-refractivity contribution in [3.8, 4) is 17.2 Å². The molecular weight excluding hydrogens is 439 g/mol. The summed E-state index contributed by atoms with van der Waals surface area (Å²) in [5, 5.41) is 3.44. The van der Waals surface area contributed by atoms with Crippen LogP contribution in [0.25, 0.3) is 10.9 Å². The first-order valence-electron chi connectivity index (χ1n) is 10.5. The molecule has 170 valence electrons. The SMILES string of the molecule is CN1C(=O)C(NC(=O)c2cc(Oc3ccccc3F)ccn2)COc2ccc3ncccc3c21. The second-order valence-electron chi connectivity index (χ2n) is 7.63. The number of pyridine rings is 2. The number of rotatable bonds is 4.